The van der Waals surface area contributed by atoms with E-state index >= 15 is 0 Å². The van der Waals surface area contributed by atoms with Crippen molar-refractivity contribution in [1.82, 2.24) is 0 Å². The Morgan fingerprint density at radius 2 is 1.89 bits per heavy atom. The van der Waals surface area contributed by atoms with E-state index in [1.165, 1.54) is 0 Å². The third-order valence-electron chi connectivity index (χ3n) is 1.24. The van der Waals surface area contributed by atoms with Crippen LogP contribution >= 0.6 is 0 Å². The van der Waals surface area contributed by atoms with Crippen LogP contribution in [0.4, 0.5) is 0 Å². The Bertz CT molecular complexity index is 95.1. The molecule has 0 aromatic rings. The minimum Gasteiger partial charge on any atom is -0.328 e. The van der Waals surface area contributed by atoms with Crippen LogP contribution in [-0.4, -0.2) is 11.8 Å². The van der Waals surface area contributed by atoms with Gasteiger partial charge in [-0.15, -0.1) is 0 Å². The van der Waals surface area contributed by atoms with E-state index in [0.29, 0.717) is 5.92 Å². The van der Waals surface area contributed by atoms with Crippen LogP contribution in [0.1, 0.15) is 27.2 Å². The van der Waals surface area contributed by atoms with Crippen LogP contribution in [0.25, 0.3) is 0 Å². The van der Waals surface area contributed by atoms with Crippen LogP contribution in [0.15, 0.2) is 0 Å². The first-order valence-corrected chi connectivity index (χ1v) is 3.37. The highest BCUT2D eigenvalue weighted by Crippen LogP contribution is 2.00. The lowest BCUT2D eigenvalue weighted by atomic mass is 10.0. The summed E-state index contributed by atoms with van der Waals surface area (Å²) in [7, 11) is 0. The van der Waals surface area contributed by atoms with Gasteiger partial charge >= 0.3 is 0 Å². The monoisotopic (exact) mass is 128 g/mol. The lowest BCUT2D eigenvalue weighted by Crippen LogP contribution is -2.21. The SMILES string of the molecule is CC(C)C(=N)C[C@@H](C)N. The van der Waals surface area contributed by atoms with Gasteiger partial charge in [0.15, 0.2) is 0 Å². The Balaban J connectivity index is 3.51. The highest BCUT2D eigenvalue weighted by molar-refractivity contribution is 5.83. The van der Waals surface area contributed by atoms with Crippen LogP contribution in [0, 0.1) is 11.3 Å². The lowest BCUT2D eigenvalue weighted by molar-refractivity contribution is 0.733. The molecule has 0 bridgehead atoms. The Morgan fingerprint density at radius 3 is 2.00 bits per heavy atom. The molecule has 0 unspecified atom stereocenters. The van der Waals surface area contributed by atoms with Crippen molar-refractivity contribution in [3.63, 3.8) is 0 Å². The summed E-state index contributed by atoms with van der Waals surface area (Å²) in [6.45, 7) is 5.96. The third-order valence-corrected chi connectivity index (χ3v) is 1.24. The maximum atomic E-state index is 7.39. The number of nitrogens with two attached hydrogens (primary N) is 1. The van der Waals surface area contributed by atoms with Crippen molar-refractivity contribution < 1.29 is 0 Å². The van der Waals surface area contributed by atoms with Gasteiger partial charge in [0.05, 0.1) is 0 Å². The van der Waals surface area contributed by atoms with Gasteiger partial charge in [0.2, 0.25) is 0 Å². The summed E-state index contributed by atoms with van der Waals surface area (Å²) in [5, 5.41) is 7.39. The first-order valence-electron chi connectivity index (χ1n) is 3.37. The second-order valence-electron chi connectivity index (χ2n) is 2.86. The molecule has 0 aliphatic carbocycles. The summed E-state index contributed by atoms with van der Waals surface area (Å²) in [5.74, 6) is 0.357. The molecule has 0 fully saturated rings. The fourth-order valence-corrected chi connectivity index (χ4v) is 0.583. The zero-order valence-electron chi connectivity index (χ0n) is 6.44. The molecule has 3 N–H and O–H groups in total. The van der Waals surface area contributed by atoms with Crippen LogP contribution < -0.4 is 5.73 Å². The molecular formula is C7H16N2. The van der Waals surface area contributed by atoms with E-state index in [9.17, 15) is 0 Å². The maximum absolute atomic E-state index is 7.39. The Kier molecular flexibility index (Phi) is 3.47. The van der Waals surface area contributed by atoms with E-state index in [1.54, 1.807) is 0 Å². The fraction of sp³-hybridized carbons (Fsp3) is 0.857. The summed E-state index contributed by atoms with van der Waals surface area (Å²) < 4.78 is 0. The van der Waals surface area contributed by atoms with Gasteiger partial charge in [0.25, 0.3) is 0 Å². The van der Waals surface area contributed by atoms with E-state index in [1.807, 2.05) is 20.8 Å². The van der Waals surface area contributed by atoms with Crippen LogP contribution in [0.5, 0.6) is 0 Å². The Morgan fingerprint density at radius 1 is 1.44 bits per heavy atom. The summed E-state index contributed by atoms with van der Waals surface area (Å²) in [6.07, 6.45) is 0.734. The molecule has 0 radical (unpaired) electrons. The van der Waals surface area contributed by atoms with Crippen molar-refractivity contribution in [2.24, 2.45) is 11.7 Å². The van der Waals surface area contributed by atoms with Crippen molar-refractivity contribution in [1.29, 1.82) is 5.41 Å². The average molecular weight is 128 g/mol. The minimum atomic E-state index is 0.139. The van der Waals surface area contributed by atoms with E-state index < -0.39 is 0 Å². The third kappa shape index (κ3) is 4.15. The normalized spacial score (nSPS) is 13.9. The van der Waals surface area contributed by atoms with Crippen molar-refractivity contribution in [2.45, 2.75) is 33.2 Å². The number of rotatable bonds is 3. The largest absolute Gasteiger partial charge is 0.328 e. The van der Waals surface area contributed by atoms with E-state index in [-0.39, 0.29) is 6.04 Å². The molecule has 0 saturated carbocycles. The molecule has 2 heteroatoms. The van der Waals surface area contributed by atoms with Crippen LogP contribution in [0.2, 0.25) is 0 Å². The Hall–Kier alpha value is -0.370. The Labute approximate surface area is 57.0 Å². The van der Waals surface area contributed by atoms with Gasteiger partial charge in [-0.2, -0.15) is 0 Å². The molecule has 0 rings (SSSR count). The standard InChI is InChI=1S/C7H16N2/c1-5(2)7(9)4-6(3)8/h5-6,9H,4,8H2,1-3H3/t6-/m1/s1. The van der Waals surface area contributed by atoms with Gasteiger partial charge in [0, 0.05) is 18.2 Å². The predicted molar refractivity (Wildman–Crippen MR) is 40.8 cm³/mol. The van der Waals surface area contributed by atoms with Gasteiger partial charge in [-0.05, 0) is 12.8 Å². The summed E-state index contributed by atoms with van der Waals surface area (Å²) in [4.78, 5) is 0. The average Bonchev–Trinajstić information content (AvgIpc) is 1.63. The van der Waals surface area contributed by atoms with Gasteiger partial charge < -0.3 is 11.1 Å². The fourth-order valence-electron chi connectivity index (χ4n) is 0.583. The molecule has 1 atom stereocenters. The molecule has 0 aliphatic heterocycles. The first-order chi connectivity index (χ1) is 4.04. The number of hydrogen-bond acceptors (Lipinski definition) is 2. The molecule has 9 heavy (non-hydrogen) atoms. The minimum absolute atomic E-state index is 0.139. The van der Waals surface area contributed by atoms with Crippen LogP contribution in [-0.2, 0) is 0 Å². The topological polar surface area (TPSA) is 49.9 Å². The van der Waals surface area contributed by atoms with Crippen molar-refractivity contribution >= 4 is 5.71 Å². The second-order valence-corrected chi connectivity index (χ2v) is 2.86. The van der Waals surface area contributed by atoms with Crippen molar-refractivity contribution in [3.8, 4) is 0 Å². The zero-order valence-corrected chi connectivity index (χ0v) is 6.44. The molecule has 0 saturated heterocycles. The molecule has 54 valence electrons. The summed E-state index contributed by atoms with van der Waals surface area (Å²) in [5.41, 5.74) is 6.24. The van der Waals surface area contributed by atoms with Crippen molar-refractivity contribution in [3.05, 3.63) is 0 Å². The second kappa shape index (κ2) is 3.62. The molecule has 0 aliphatic rings. The molecule has 0 aromatic heterocycles. The zero-order chi connectivity index (χ0) is 7.44. The lowest BCUT2D eigenvalue weighted by Gasteiger charge is -2.08. The molecule has 0 spiro atoms. The highest BCUT2D eigenvalue weighted by Gasteiger charge is 2.03. The summed E-state index contributed by atoms with van der Waals surface area (Å²) in [6, 6.07) is 0.139. The van der Waals surface area contributed by atoms with Gasteiger partial charge in [-0.25, -0.2) is 0 Å². The van der Waals surface area contributed by atoms with Gasteiger partial charge in [-0.3, -0.25) is 0 Å². The van der Waals surface area contributed by atoms with E-state index in [4.69, 9.17) is 11.1 Å². The molecule has 0 aromatic carbocycles. The predicted octanol–water partition coefficient (Wildman–Crippen LogP) is 1.40. The highest BCUT2D eigenvalue weighted by atomic mass is 14.6. The van der Waals surface area contributed by atoms with E-state index in [2.05, 4.69) is 0 Å². The summed E-state index contributed by atoms with van der Waals surface area (Å²) >= 11 is 0. The number of hydrogen-bond donors (Lipinski definition) is 2. The maximum Gasteiger partial charge on any atom is 0.0130 e. The smallest absolute Gasteiger partial charge is 0.0130 e. The molecule has 0 amide bonds. The van der Waals surface area contributed by atoms with Gasteiger partial charge in [-0.1, -0.05) is 13.8 Å². The van der Waals surface area contributed by atoms with Gasteiger partial charge in [0.1, 0.15) is 0 Å². The first kappa shape index (κ1) is 8.63. The van der Waals surface area contributed by atoms with Crippen molar-refractivity contribution in [2.75, 3.05) is 0 Å². The van der Waals surface area contributed by atoms with E-state index in [0.717, 1.165) is 12.1 Å². The molecule has 2 nitrogen and oxygen atoms in total. The quantitative estimate of drug-likeness (QED) is 0.554. The van der Waals surface area contributed by atoms with Crippen LogP contribution in [0.3, 0.4) is 0 Å². The molecule has 0 heterocycles. The number of nitrogens with one attached hydrogen (secondary N) is 1. The molecular weight excluding hydrogens is 112 g/mol.